The lowest BCUT2D eigenvalue weighted by Crippen LogP contribution is -2.49. The predicted octanol–water partition coefficient (Wildman–Crippen LogP) is 0.315. The van der Waals surface area contributed by atoms with E-state index in [9.17, 15) is 14.7 Å². The maximum absolute atomic E-state index is 11.7. The third kappa shape index (κ3) is 6.02. The second-order valence-electron chi connectivity index (χ2n) is 5.45. The Morgan fingerprint density at radius 1 is 1.37 bits per heavy atom. The summed E-state index contributed by atoms with van der Waals surface area (Å²) in [7, 11) is 0. The Bertz CT molecular complexity index is 308. The lowest BCUT2D eigenvalue weighted by Gasteiger charge is -2.33. The summed E-state index contributed by atoms with van der Waals surface area (Å²) < 4.78 is 0. The highest BCUT2D eigenvalue weighted by Gasteiger charge is 2.23. The summed E-state index contributed by atoms with van der Waals surface area (Å²) in [5.74, 6) is 0.0309. The first kappa shape index (κ1) is 15.9. The molecule has 1 atom stereocenters. The van der Waals surface area contributed by atoms with Crippen LogP contribution in [0.4, 0.5) is 4.79 Å². The monoisotopic (exact) mass is 271 g/mol. The van der Waals surface area contributed by atoms with Gasteiger partial charge in [-0.25, -0.2) is 4.79 Å². The number of aliphatic hydroxyl groups excluding tert-OH is 1. The Balaban J connectivity index is 2.31. The molecular weight excluding hydrogens is 246 g/mol. The zero-order valence-electron chi connectivity index (χ0n) is 11.8. The molecule has 0 aromatic heterocycles. The number of aliphatic hydroxyl groups is 1. The van der Waals surface area contributed by atoms with E-state index < -0.39 is 6.03 Å². The molecule has 3 N–H and O–H groups in total. The Kier molecular flexibility index (Phi) is 6.80. The Morgan fingerprint density at radius 3 is 2.74 bits per heavy atom. The summed E-state index contributed by atoms with van der Waals surface area (Å²) in [5, 5.41) is 14.2. The minimum Gasteiger partial charge on any atom is -0.395 e. The van der Waals surface area contributed by atoms with E-state index in [-0.39, 0.29) is 25.1 Å². The molecule has 0 spiro atoms. The van der Waals surface area contributed by atoms with Gasteiger partial charge in [-0.2, -0.15) is 0 Å². The van der Waals surface area contributed by atoms with E-state index in [1.165, 1.54) is 0 Å². The summed E-state index contributed by atoms with van der Waals surface area (Å²) in [6, 6.07) is -0.408. The maximum atomic E-state index is 11.7. The van der Waals surface area contributed by atoms with E-state index in [1.807, 2.05) is 18.7 Å². The average Bonchev–Trinajstić information content (AvgIpc) is 2.37. The molecule has 0 aromatic carbocycles. The van der Waals surface area contributed by atoms with Gasteiger partial charge in [0.2, 0.25) is 5.91 Å². The molecule has 1 heterocycles. The SMILES string of the molecule is CC(C)CNC(=O)NC(=O)CN1CCCCC1CO. The van der Waals surface area contributed by atoms with Gasteiger partial charge in [-0.1, -0.05) is 20.3 Å². The molecule has 0 saturated carbocycles. The number of nitrogens with zero attached hydrogens (tertiary/aromatic N) is 1. The number of likely N-dealkylation sites (tertiary alicyclic amines) is 1. The average molecular weight is 271 g/mol. The molecule has 110 valence electrons. The molecule has 1 unspecified atom stereocenters. The van der Waals surface area contributed by atoms with Gasteiger partial charge in [0.25, 0.3) is 0 Å². The molecule has 1 rings (SSSR count). The van der Waals surface area contributed by atoms with E-state index in [0.29, 0.717) is 12.5 Å². The van der Waals surface area contributed by atoms with Gasteiger partial charge in [-0.15, -0.1) is 0 Å². The van der Waals surface area contributed by atoms with Crippen LogP contribution in [0.25, 0.3) is 0 Å². The zero-order chi connectivity index (χ0) is 14.3. The number of piperidine rings is 1. The van der Waals surface area contributed by atoms with Crippen molar-refractivity contribution in [2.75, 3.05) is 26.2 Å². The third-order valence-corrected chi connectivity index (χ3v) is 3.23. The number of carbonyl (C=O) groups excluding carboxylic acids is 2. The van der Waals surface area contributed by atoms with Crippen LogP contribution in [0.1, 0.15) is 33.1 Å². The number of urea groups is 1. The lowest BCUT2D eigenvalue weighted by atomic mass is 10.0. The van der Waals surface area contributed by atoms with E-state index in [4.69, 9.17) is 0 Å². The van der Waals surface area contributed by atoms with Crippen LogP contribution in [0.3, 0.4) is 0 Å². The number of hydrogen-bond donors (Lipinski definition) is 3. The van der Waals surface area contributed by atoms with Crippen LogP contribution < -0.4 is 10.6 Å². The van der Waals surface area contributed by atoms with Crippen molar-refractivity contribution < 1.29 is 14.7 Å². The second kappa shape index (κ2) is 8.12. The summed E-state index contributed by atoms with van der Waals surface area (Å²) in [4.78, 5) is 25.1. The minimum absolute atomic E-state index is 0.0400. The van der Waals surface area contributed by atoms with Crippen molar-refractivity contribution in [3.63, 3.8) is 0 Å². The zero-order valence-corrected chi connectivity index (χ0v) is 11.8. The van der Waals surface area contributed by atoms with Crippen LogP contribution in [0, 0.1) is 5.92 Å². The number of rotatable bonds is 5. The molecular formula is C13H25N3O3. The van der Waals surface area contributed by atoms with Crippen LogP contribution in [0.2, 0.25) is 0 Å². The van der Waals surface area contributed by atoms with Crippen LogP contribution in [0.5, 0.6) is 0 Å². The topological polar surface area (TPSA) is 81.7 Å². The van der Waals surface area contributed by atoms with Crippen molar-refractivity contribution in [2.24, 2.45) is 5.92 Å². The number of amides is 3. The normalized spacial score (nSPS) is 20.3. The lowest BCUT2D eigenvalue weighted by molar-refractivity contribution is -0.122. The summed E-state index contributed by atoms with van der Waals surface area (Å²) in [6.07, 6.45) is 3.02. The van der Waals surface area contributed by atoms with Crippen LogP contribution in [-0.4, -0.2) is 54.2 Å². The largest absolute Gasteiger partial charge is 0.395 e. The highest BCUT2D eigenvalue weighted by molar-refractivity contribution is 5.95. The van der Waals surface area contributed by atoms with Gasteiger partial charge >= 0.3 is 6.03 Å². The quantitative estimate of drug-likeness (QED) is 0.672. The smallest absolute Gasteiger partial charge is 0.321 e. The number of nitrogens with one attached hydrogen (secondary N) is 2. The summed E-state index contributed by atoms with van der Waals surface area (Å²) >= 11 is 0. The molecule has 19 heavy (non-hydrogen) atoms. The fourth-order valence-electron chi connectivity index (χ4n) is 2.17. The molecule has 3 amide bonds. The predicted molar refractivity (Wildman–Crippen MR) is 72.7 cm³/mol. The van der Waals surface area contributed by atoms with Crippen molar-refractivity contribution in [3.05, 3.63) is 0 Å². The molecule has 1 aliphatic rings. The Morgan fingerprint density at radius 2 is 2.11 bits per heavy atom. The Labute approximate surface area is 114 Å². The number of imide groups is 1. The number of carbonyl (C=O) groups is 2. The third-order valence-electron chi connectivity index (χ3n) is 3.23. The van der Waals surface area contributed by atoms with Crippen LogP contribution in [-0.2, 0) is 4.79 Å². The summed E-state index contributed by atoms with van der Waals surface area (Å²) in [5.41, 5.74) is 0. The molecule has 0 aliphatic carbocycles. The van der Waals surface area contributed by atoms with Gasteiger partial charge < -0.3 is 10.4 Å². The molecule has 6 nitrogen and oxygen atoms in total. The van der Waals surface area contributed by atoms with Gasteiger partial charge in [-0.05, 0) is 25.3 Å². The second-order valence-corrected chi connectivity index (χ2v) is 5.45. The molecule has 1 aliphatic heterocycles. The standard InChI is InChI=1S/C13H25N3O3/c1-10(2)7-14-13(19)15-12(18)8-16-6-4-3-5-11(16)9-17/h10-11,17H,3-9H2,1-2H3,(H2,14,15,18,19). The summed E-state index contributed by atoms with van der Waals surface area (Å²) in [6.45, 7) is 5.55. The number of hydrogen-bond acceptors (Lipinski definition) is 4. The molecule has 0 aromatic rings. The highest BCUT2D eigenvalue weighted by atomic mass is 16.3. The first-order chi connectivity index (χ1) is 9.02. The van der Waals surface area contributed by atoms with Crippen molar-refractivity contribution in [1.82, 2.24) is 15.5 Å². The highest BCUT2D eigenvalue weighted by Crippen LogP contribution is 2.15. The van der Waals surface area contributed by atoms with Gasteiger partial charge in [-0.3, -0.25) is 15.0 Å². The van der Waals surface area contributed by atoms with Crippen molar-refractivity contribution >= 4 is 11.9 Å². The molecule has 1 saturated heterocycles. The fourth-order valence-corrected chi connectivity index (χ4v) is 2.17. The van der Waals surface area contributed by atoms with E-state index in [0.717, 1.165) is 25.8 Å². The van der Waals surface area contributed by atoms with Crippen molar-refractivity contribution in [1.29, 1.82) is 0 Å². The van der Waals surface area contributed by atoms with Crippen molar-refractivity contribution in [2.45, 2.75) is 39.2 Å². The maximum Gasteiger partial charge on any atom is 0.321 e. The Hall–Kier alpha value is -1.14. The van der Waals surface area contributed by atoms with Crippen LogP contribution >= 0.6 is 0 Å². The first-order valence-electron chi connectivity index (χ1n) is 6.95. The first-order valence-corrected chi connectivity index (χ1v) is 6.95. The molecule has 6 heteroatoms. The van der Waals surface area contributed by atoms with E-state index in [1.54, 1.807) is 0 Å². The fraction of sp³-hybridized carbons (Fsp3) is 0.846. The van der Waals surface area contributed by atoms with Crippen LogP contribution in [0.15, 0.2) is 0 Å². The van der Waals surface area contributed by atoms with Gasteiger partial charge in [0.1, 0.15) is 0 Å². The van der Waals surface area contributed by atoms with Gasteiger partial charge in [0.05, 0.1) is 13.2 Å². The van der Waals surface area contributed by atoms with Gasteiger partial charge in [0.15, 0.2) is 0 Å². The minimum atomic E-state index is -0.448. The van der Waals surface area contributed by atoms with E-state index >= 15 is 0 Å². The molecule has 1 fully saturated rings. The molecule has 0 radical (unpaired) electrons. The van der Waals surface area contributed by atoms with E-state index in [2.05, 4.69) is 10.6 Å². The van der Waals surface area contributed by atoms with Crippen molar-refractivity contribution in [3.8, 4) is 0 Å². The molecule has 0 bridgehead atoms. The van der Waals surface area contributed by atoms with Gasteiger partial charge in [0, 0.05) is 12.6 Å².